The topological polar surface area (TPSA) is 66.2 Å². The molecule has 35 valence electrons. The second-order valence-corrected chi connectivity index (χ2v) is 0.224. The zero-order valence-electron chi connectivity index (χ0n) is 1.94. The third-order valence-corrected chi connectivity index (χ3v) is 0. The average Bonchev–Trinajstić information content (AvgIpc) is 0.811. The summed E-state index contributed by atoms with van der Waals surface area (Å²) >= 11 is 0. The van der Waals surface area contributed by atoms with Crippen LogP contribution in [0.5, 0.6) is 0 Å². The second-order valence-electron chi connectivity index (χ2n) is 0.224. The molecule has 0 bridgehead atoms. The van der Waals surface area contributed by atoms with Gasteiger partial charge in [-0.25, -0.2) is 0 Å². The van der Waals surface area contributed by atoms with E-state index < -0.39 is 5.09 Å². The van der Waals surface area contributed by atoms with Crippen LogP contribution in [0.1, 0.15) is 0 Å². The van der Waals surface area contributed by atoms with Crippen LogP contribution in [0, 0.1) is 62.2 Å². The van der Waals surface area contributed by atoms with Gasteiger partial charge in [0.2, 0.25) is 0 Å². The van der Waals surface area contributed by atoms with Crippen molar-refractivity contribution in [2.75, 3.05) is 0 Å². The van der Waals surface area contributed by atoms with E-state index in [1.807, 2.05) is 0 Å². The summed E-state index contributed by atoms with van der Waals surface area (Å²) in [7, 11) is 0. The summed E-state index contributed by atoms with van der Waals surface area (Å²) in [5.41, 5.74) is 0. The van der Waals surface area contributed by atoms with Gasteiger partial charge in [-0.3, -0.25) is 0 Å². The minimum absolute atomic E-state index is 0. The Morgan fingerprint density at radius 3 is 1.40 bits per heavy atom. The zero-order chi connectivity index (χ0) is 3.58. The van der Waals surface area contributed by atoms with Gasteiger partial charge in [-0.1, -0.05) is 0 Å². The van der Waals surface area contributed by atoms with Crippen LogP contribution >= 0.6 is 0 Å². The molecule has 0 aromatic heterocycles. The van der Waals surface area contributed by atoms with E-state index >= 15 is 0 Å². The number of rotatable bonds is 0. The molecule has 0 rings (SSSR count). The summed E-state index contributed by atoms with van der Waals surface area (Å²) in [6.07, 6.45) is 0. The van der Waals surface area contributed by atoms with Crippen molar-refractivity contribution in [3.05, 3.63) is 15.3 Å². The molecule has 5 heteroatoms. The van der Waals surface area contributed by atoms with E-state index in [2.05, 4.69) is 0 Å². The summed E-state index contributed by atoms with van der Waals surface area (Å²) in [5, 5.41) is 14.8. The summed E-state index contributed by atoms with van der Waals surface area (Å²) in [6.45, 7) is 0. The molecule has 1 radical (unpaired) electrons. The fourth-order valence-electron chi connectivity index (χ4n) is 0. The first-order chi connectivity index (χ1) is 1.73. The Kier molecular flexibility index (Phi) is 8.69. The van der Waals surface area contributed by atoms with Gasteiger partial charge in [-0.15, -0.1) is 0 Å². The molecule has 0 aliphatic carbocycles. The fourth-order valence-corrected chi connectivity index (χ4v) is 0. The van der Waals surface area contributed by atoms with Crippen molar-refractivity contribution in [1.29, 1.82) is 0 Å². The van der Waals surface area contributed by atoms with Gasteiger partial charge in [0.15, 0.2) is 0 Å². The van der Waals surface area contributed by atoms with Gasteiger partial charge in [-0.2, -0.15) is 0 Å². The Labute approximate surface area is 66.5 Å². The number of hydrogen-bond acceptors (Lipinski definition) is 3. The van der Waals surface area contributed by atoms with Crippen LogP contribution in [0.3, 0.4) is 0 Å². The van der Waals surface area contributed by atoms with Gasteiger partial charge in [0.05, 0.1) is 5.09 Å². The SMILES string of the molecule is O=[N+]([O-])[O-].[Yb+3]. The maximum absolute atomic E-state index is 8.25. The minimum Gasteiger partial charge on any atom is -0.356 e. The number of hydrogen-bond donors (Lipinski definition) is 0. The third-order valence-electron chi connectivity index (χ3n) is 0. The van der Waals surface area contributed by atoms with Crippen molar-refractivity contribution in [3.63, 3.8) is 0 Å². The van der Waals surface area contributed by atoms with Gasteiger partial charge < -0.3 is 15.3 Å². The first-order valence-corrected chi connectivity index (χ1v) is 0.548. The molecule has 5 heavy (non-hydrogen) atoms. The van der Waals surface area contributed by atoms with Gasteiger partial charge >= 0.3 is 46.9 Å². The van der Waals surface area contributed by atoms with E-state index in [-0.39, 0.29) is 46.9 Å². The Balaban J connectivity index is 0. The molecular weight excluding hydrogens is 235 g/mol. The zero-order valence-corrected chi connectivity index (χ0v) is 3.65. The summed E-state index contributed by atoms with van der Waals surface area (Å²) in [6, 6.07) is 0. The second kappa shape index (κ2) is 4.72. The molecule has 0 amide bonds. The fraction of sp³-hybridized carbons (Fsp3) is 0. The van der Waals surface area contributed by atoms with Gasteiger partial charge in [-0.05, 0) is 0 Å². The molecule has 0 spiro atoms. The van der Waals surface area contributed by atoms with Crippen LogP contribution in [-0.2, 0) is 0 Å². The molecule has 0 fully saturated rings. The quantitative estimate of drug-likeness (QED) is 0.430. The molecule has 0 aromatic rings. The molecule has 0 aliphatic heterocycles. The Morgan fingerprint density at radius 1 is 1.40 bits per heavy atom. The average molecular weight is 235 g/mol. The molecule has 0 aliphatic rings. The maximum Gasteiger partial charge on any atom is 3.00 e. The van der Waals surface area contributed by atoms with Gasteiger partial charge in [0, 0.05) is 0 Å². The van der Waals surface area contributed by atoms with Crippen LogP contribution in [-0.4, -0.2) is 5.09 Å². The number of nitrogens with zero attached hydrogens (tertiary/aromatic N) is 1. The summed E-state index contributed by atoms with van der Waals surface area (Å²) in [5.74, 6) is 0. The molecule has 0 unspecified atom stereocenters. The van der Waals surface area contributed by atoms with Crippen molar-refractivity contribution in [1.82, 2.24) is 0 Å². The maximum atomic E-state index is 8.25. The van der Waals surface area contributed by atoms with Gasteiger partial charge in [0.25, 0.3) is 0 Å². The van der Waals surface area contributed by atoms with E-state index in [4.69, 9.17) is 15.3 Å². The molecule has 0 N–H and O–H groups in total. The van der Waals surface area contributed by atoms with Crippen LogP contribution in [0.2, 0.25) is 0 Å². The summed E-state index contributed by atoms with van der Waals surface area (Å²) in [4.78, 5) is 8.25. The Hall–Kier alpha value is 0.719. The van der Waals surface area contributed by atoms with E-state index in [1.165, 1.54) is 0 Å². The van der Waals surface area contributed by atoms with Crippen molar-refractivity contribution in [2.45, 2.75) is 0 Å². The van der Waals surface area contributed by atoms with Crippen LogP contribution in [0.25, 0.3) is 0 Å². The van der Waals surface area contributed by atoms with Crippen molar-refractivity contribution in [2.24, 2.45) is 0 Å². The van der Waals surface area contributed by atoms with Crippen molar-refractivity contribution in [3.8, 4) is 0 Å². The minimum atomic E-state index is -1.75. The van der Waals surface area contributed by atoms with Crippen molar-refractivity contribution >= 4 is 0 Å². The summed E-state index contributed by atoms with van der Waals surface area (Å²) < 4.78 is 0. The molecule has 0 aromatic carbocycles. The van der Waals surface area contributed by atoms with Crippen LogP contribution in [0.4, 0.5) is 0 Å². The smallest absolute Gasteiger partial charge is 0.356 e. The molecule has 0 heterocycles. The predicted molar refractivity (Wildman–Crippen MR) is 10.4 cm³/mol. The first-order valence-electron chi connectivity index (χ1n) is 0.548. The Bertz CT molecular complexity index is 29.9. The largest absolute Gasteiger partial charge is 3.00 e. The molecule has 4 nitrogen and oxygen atoms in total. The standard InChI is InChI=1S/NO3.Yb/c2-1(3)4;/q-1;+3. The van der Waals surface area contributed by atoms with Crippen LogP contribution in [0.15, 0.2) is 0 Å². The van der Waals surface area contributed by atoms with Crippen LogP contribution < -0.4 is 0 Å². The first kappa shape index (κ1) is 9.21. The molecule has 0 saturated heterocycles. The predicted octanol–water partition coefficient (Wildman–Crippen LogP) is -0.239. The molecule has 0 saturated carbocycles. The van der Waals surface area contributed by atoms with E-state index in [9.17, 15) is 0 Å². The van der Waals surface area contributed by atoms with Gasteiger partial charge in [0.1, 0.15) is 0 Å². The molecular formula is NO3Yb+2. The van der Waals surface area contributed by atoms with E-state index in [1.54, 1.807) is 0 Å². The Morgan fingerprint density at radius 2 is 1.40 bits per heavy atom. The monoisotopic (exact) mass is 236 g/mol. The third kappa shape index (κ3) is 67.4. The van der Waals surface area contributed by atoms with E-state index in [0.29, 0.717) is 0 Å². The van der Waals surface area contributed by atoms with Crippen molar-refractivity contribution < 1.29 is 52.0 Å². The molecule has 0 atom stereocenters. The van der Waals surface area contributed by atoms with E-state index in [0.717, 1.165) is 0 Å². The normalized spacial score (nSPS) is 4.80.